The first-order valence-electron chi connectivity index (χ1n) is 5.08. The molecule has 1 aromatic carbocycles. The molecule has 0 aliphatic heterocycles. The van der Waals surface area contributed by atoms with Crippen LogP contribution >= 0.6 is 0 Å². The molecule has 0 aliphatic rings. The van der Waals surface area contributed by atoms with E-state index in [-0.39, 0.29) is 11.2 Å². The van der Waals surface area contributed by atoms with Crippen LogP contribution in [0.4, 0.5) is 4.39 Å². The van der Waals surface area contributed by atoms with Crippen molar-refractivity contribution >= 4 is 11.0 Å². The van der Waals surface area contributed by atoms with Crippen LogP contribution in [-0.4, -0.2) is 9.97 Å². The van der Waals surface area contributed by atoms with Crippen LogP contribution in [0.2, 0.25) is 0 Å². The molecule has 15 heavy (non-hydrogen) atoms. The van der Waals surface area contributed by atoms with Crippen molar-refractivity contribution in [1.82, 2.24) is 9.97 Å². The summed E-state index contributed by atoms with van der Waals surface area (Å²) < 4.78 is 12.9. The lowest BCUT2D eigenvalue weighted by Crippen LogP contribution is -2.10. The molecule has 0 radical (unpaired) electrons. The highest BCUT2D eigenvalue weighted by Gasteiger charge is 2.14. The fourth-order valence-corrected chi connectivity index (χ4v) is 1.62. The number of nitrogens with zero attached hydrogens (tertiary/aromatic N) is 1. The Morgan fingerprint density at radius 3 is 2.73 bits per heavy atom. The number of rotatable bonds is 1. The van der Waals surface area contributed by atoms with Crippen molar-refractivity contribution in [3.05, 3.63) is 29.8 Å². The molecular weight excluding hydrogens is 191 g/mol. The molecule has 0 amide bonds. The number of aromatic nitrogens is 2. The number of H-pyrrole nitrogens is 1. The summed E-state index contributed by atoms with van der Waals surface area (Å²) in [6, 6.07) is 4.62. The lowest BCUT2D eigenvalue weighted by Gasteiger charge is -2.15. The summed E-state index contributed by atoms with van der Waals surface area (Å²) in [6.45, 7) is 6.46. The van der Waals surface area contributed by atoms with E-state index >= 15 is 0 Å². The Balaban J connectivity index is 2.39. The van der Waals surface area contributed by atoms with Gasteiger partial charge in [-0.15, -0.1) is 0 Å². The van der Waals surface area contributed by atoms with Crippen molar-refractivity contribution in [3.8, 4) is 0 Å². The highest BCUT2D eigenvalue weighted by Crippen LogP contribution is 2.21. The van der Waals surface area contributed by atoms with Crippen molar-refractivity contribution in [2.75, 3.05) is 0 Å². The monoisotopic (exact) mass is 206 g/mol. The molecule has 2 aromatic rings. The third-order valence-electron chi connectivity index (χ3n) is 2.19. The van der Waals surface area contributed by atoms with E-state index in [9.17, 15) is 4.39 Å². The Hall–Kier alpha value is -1.38. The van der Waals surface area contributed by atoms with E-state index in [0.29, 0.717) is 0 Å². The van der Waals surface area contributed by atoms with E-state index < -0.39 is 0 Å². The zero-order valence-electron chi connectivity index (χ0n) is 9.26. The molecule has 2 rings (SSSR count). The maximum absolute atomic E-state index is 12.9. The van der Waals surface area contributed by atoms with Crippen molar-refractivity contribution in [3.63, 3.8) is 0 Å². The number of hydrogen-bond acceptors (Lipinski definition) is 1. The van der Waals surface area contributed by atoms with Gasteiger partial charge in [0.25, 0.3) is 0 Å². The normalized spacial score (nSPS) is 12.3. The maximum atomic E-state index is 12.9. The summed E-state index contributed by atoms with van der Waals surface area (Å²) in [5.41, 5.74) is 1.79. The van der Waals surface area contributed by atoms with Gasteiger partial charge in [0.1, 0.15) is 11.6 Å². The minimum Gasteiger partial charge on any atom is -0.342 e. The second-order valence-corrected chi connectivity index (χ2v) is 5.08. The quantitative estimate of drug-likeness (QED) is 0.762. The Labute approximate surface area is 88.5 Å². The minimum atomic E-state index is -0.228. The Morgan fingerprint density at radius 2 is 2.07 bits per heavy atom. The molecule has 2 nitrogen and oxygen atoms in total. The van der Waals surface area contributed by atoms with Gasteiger partial charge in [-0.25, -0.2) is 9.37 Å². The van der Waals surface area contributed by atoms with Crippen LogP contribution in [0.5, 0.6) is 0 Å². The van der Waals surface area contributed by atoms with Gasteiger partial charge in [-0.3, -0.25) is 0 Å². The molecule has 0 aliphatic carbocycles. The fourth-order valence-electron chi connectivity index (χ4n) is 1.62. The van der Waals surface area contributed by atoms with Gasteiger partial charge in [0.15, 0.2) is 0 Å². The molecule has 0 spiro atoms. The second-order valence-electron chi connectivity index (χ2n) is 5.08. The molecule has 0 unspecified atom stereocenters. The van der Waals surface area contributed by atoms with Gasteiger partial charge in [-0.2, -0.15) is 0 Å². The number of nitrogens with one attached hydrogen (secondary N) is 1. The van der Waals surface area contributed by atoms with Crippen molar-refractivity contribution in [1.29, 1.82) is 0 Å². The SMILES string of the molecule is CC(C)(C)Cc1nc2ccc(F)cc2[nH]1. The van der Waals surface area contributed by atoms with Gasteiger partial charge in [0.2, 0.25) is 0 Å². The van der Waals surface area contributed by atoms with E-state index in [1.807, 2.05) is 0 Å². The van der Waals surface area contributed by atoms with E-state index in [2.05, 4.69) is 30.7 Å². The summed E-state index contributed by atoms with van der Waals surface area (Å²) in [5, 5.41) is 0. The molecule has 3 heteroatoms. The van der Waals surface area contributed by atoms with E-state index in [0.717, 1.165) is 23.3 Å². The number of imidazole rings is 1. The minimum absolute atomic E-state index is 0.187. The lowest BCUT2D eigenvalue weighted by atomic mass is 9.92. The van der Waals surface area contributed by atoms with Crippen LogP contribution < -0.4 is 0 Å². The van der Waals surface area contributed by atoms with Crippen molar-refractivity contribution in [2.24, 2.45) is 5.41 Å². The zero-order valence-corrected chi connectivity index (χ0v) is 9.26. The summed E-state index contributed by atoms with van der Waals surface area (Å²) in [6.07, 6.45) is 0.864. The van der Waals surface area contributed by atoms with Crippen LogP contribution in [0.25, 0.3) is 11.0 Å². The van der Waals surface area contributed by atoms with Crippen LogP contribution in [0, 0.1) is 11.2 Å². The first-order chi connectivity index (χ1) is 6.94. The third-order valence-corrected chi connectivity index (χ3v) is 2.19. The lowest BCUT2D eigenvalue weighted by molar-refractivity contribution is 0.402. The maximum Gasteiger partial charge on any atom is 0.125 e. The Morgan fingerprint density at radius 1 is 1.33 bits per heavy atom. The largest absolute Gasteiger partial charge is 0.342 e. The van der Waals surface area contributed by atoms with Crippen LogP contribution in [-0.2, 0) is 6.42 Å². The predicted octanol–water partition coefficient (Wildman–Crippen LogP) is 3.29. The summed E-state index contributed by atoms with van der Waals surface area (Å²) >= 11 is 0. The van der Waals surface area contributed by atoms with Crippen LogP contribution in [0.15, 0.2) is 18.2 Å². The number of hydrogen-bond donors (Lipinski definition) is 1. The number of halogens is 1. The van der Waals surface area contributed by atoms with E-state index in [1.165, 1.54) is 12.1 Å². The first-order valence-corrected chi connectivity index (χ1v) is 5.08. The number of fused-ring (bicyclic) bond motifs is 1. The molecule has 1 N–H and O–H groups in total. The molecule has 80 valence electrons. The number of benzene rings is 1. The molecular formula is C12H15FN2. The fraction of sp³-hybridized carbons (Fsp3) is 0.417. The molecule has 1 aromatic heterocycles. The molecule has 0 fully saturated rings. The topological polar surface area (TPSA) is 28.7 Å². The van der Waals surface area contributed by atoms with Gasteiger partial charge >= 0.3 is 0 Å². The summed E-state index contributed by atoms with van der Waals surface area (Å²) in [4.78, 5) is 7.56. The molecule has 0 saturated heterocycles. The van der Waals surface area contributed by atoms with Crippen LogP contribution in [0.3, 0.4) is 0 Å². The van der Waals surface area contributed by atoms with E-state index in [1.54, 1.807) is 6.07 Å². The molecule has 0 atom stereocenters. The molecule has 1 heterocycles. The highest BCUT2D eigenvalue weighted by atomic mass is 19.1. The van der Waals surface area contributed by atoms with Crippen LogP contribution in [0.1, 0.15) is 26.6 Å². The zero-order chi connectivity index (χ0) is 11.1. The van der Waals surface area contributed by atoms with Gasteiger partial charge in [0.05, 0.1) is 11.0 Å². The van der Waals surface area contributed by atoms with E-state index in [4.69, 9.17) is 0 Å². The highest BCUT2D eigenvalue weighted by molar-refractivity contribution is 5.74. The van der Waals surface area contributed by atoms with Gasteiger partial charge < -0.3 is 4.98 Å². The average molecular weight is 206 g/mol. The smallest absolute Gasteiger partial charge is 0.125 e. The van der Waals surface area contributed by atoms with Gasteiger partial charge in [0, 0.05) is 6.42 Å². The Bertz CT molecular complexity index is 480. The average Bonchev–Trinajstić information content (AvgIpc) is 2.42. The van der Waals surface area contributed by atoms with Crippen molar-refractivity contribution < 1.29 is 4.39 Å². The van der Waals surface area contributed by atoms with Gasteiger partial charge in [-0.05, 0) is 23.6 Å². The number of aromatic amines is 1. The van der Waals surface area contributed by atoms with Crippen molar-refractivity contribution in [2.45, 2.75) is 27.2 Å². The second kappa shape index (κ2) is 3.33. The molecule has 0 bridgehead atoms. The predicted molar refractivity (Wildman–Crippen MR) is 59.2 cm³/mol. The summed E-state index contributed by atoms with van der Waals surface area (Å²) in [7, 11) is 0. The summed E-state index contributed by atoms with van der Waals surface area (Å²) in [5.74, 6) is 0.691. The van der Waals surface area contributed by atoms with Gasteiger partial charge in [-0.1, -0.05) is 20.8 Å². The third kappa shape index (κ3) is 2.35. The molecule has 0 saturated carbocycles. The standard InChI is InChI=1S/C12H15FN2/c1-12(2,3)7-11-14-9-5-4-8(13)6-10(9)15-11/h4-6H,7H2,1-3H3,(H,14,15). The Kier molecular flexibility index (Phi) is 2.25. The first kappa shape index (κ1) is 10.1.